The van der Waals surface area contributed by atoms with Crippen LogP contribution in [-0.2, 0) is 70.7 Å². The van der Waals surface area contributed by atoms with Crippen LogP contribution >= 0.6 is 7.82 Å². The predicted octanol–water partition coefficient (Wildman–Crippen LogP) is 18.2. The number of hydrogen-bond donors (Lipinski definition) is 10. The molecule has 19 unspecified atom stereocenters. The van der Waals surface area contributed by atoms with Gasteiger partial charge in [0, 0.05) is 25.7 Å². The SMILES string of the molecule is CCCCCCCC/C=C\CCCCCC(=O)OC(COC(=O)CCCCCCCCC(C)CCCCCCCC)COP(=O)(O)OC1C(OC2OC(CO)C(O)C(O)C2O)C(O)C(O)C(OC(=O)CCCCCCCCCCCCCCCCCC)C1OC1OC(COC(=O)CCCCCCCCCCCCCCCCC)C(O)C(O)C1O. The molecule has 119 heavy (non-hydrogen) atoms. The molecule has 3 aliphatic rings. The predicted molar refractivity (Wildman–Crippen MR) is 463 cm³/mol. The lowest BCUT2D eigenvalue weighted by Crippen LogP contribution is -2.70. The molecule has 0 amide bonds. The van der Waals surface area contributed by atoms with Crippen molar-refractivity contribution in [3.63, 3.8) is 0 Å². The highest BCUT2D eigenvalue weighted by molar-refractivity contribution is 7.47. The fourth-order valence-electron chi connectivity index (χ4n) is 16.1. The number of aliphatic hydroxyl groups excluding tert-OH is 9. The molecule has 1 aliphatic carbocycles. The van der Waals surface area contributed by atoms with E-state index in [1.165, 1.54) is 199 Å². The Morgan fingerprint density at radius 3 is 1.09 bits per heavy atom. The van der Waals surface area contributed by atoms with Crippen LogP contribution in [0.2, 0.25) is 0 Å². The van der Waals surface area contributed by atoms with Crippen molar-refractivity contribution in [2.24, 2.45) is 5.92 Å². The number of esters is 4. The topological polar surface area (TPSA) is 380 Å². The van der Waals surface area contributed by atoms with Gasteiger partial charge in [-0.3, -0.25) is 28.2 Å². The first-order valence-electron chi connectivity index (χ1n) is 48.3. The number of ether oxygens (including phenoxy) is 8. The summed E-state index contributed by atoms with van der Waals surface area (Å²) in [4.78, 5) is 66.6. The van der Waals surface area contributed by atoms with Gasteiger partial charge >= 0.3 is 31.7 Å². The van der Waals surface area contributed by atoms with Crippen LogP contribution in [0.5, 0.6) is 0 Å². The number of carbonyl (C=O) groups excluding carboxylic acids is 4. The molecule has 2 aliphatic heterocycles. The van der Waals surface area contributed by atoms with Crippen molar-refractivity contribution < 1.29 is 122 Å². The third-order valence-electron chi connectivity index (χ3n) is 23.9. The van der Waals surface area contributed by atoms with Crippen molar-refractivity contribution >= 4 is 31.7 Å². The molecular formula is C93H173O25P. The molecule has 2 saturated heterocycles. The number of hydrogen-bond acceptors (Lipinski definition) is 24. The van der Waals surface area contributed by atoms with Crippen LogP contribution in [0.25, 0.3) is 0 Å². The van der Waals surface area contributed by atoms with E-state index in [9.17, 15) is 74.6 Å². The smallest absolute Gasteiger partial charge is 0.463 e. The molecular weight excluding hydrogens is 1550 g/mol. The zero-order chi connectivity index (χ0) is 86.9. The Balaban J connectivity index is 1.91. The molecule has 3 rings (SSSR count). The third-order valence-corrected chi connectivity index (χ3v) is 24.9. The Morgan fingerprint density at radius 1 is 0.353 bits per heavy atom. The lowest BCUT2D eigenvalue weighted by molar-refractivity contribution is -0.360. The maximum absolute atomic E-state index is 14.9. The fraction of sp³-hybridized carbons (Fsp3) is 0.935. The lowest BCUT2D eigenvalue weighted by atomic mass is 9.84. The number of rotatable bonds is 78. The summed E-state index contributed by atoms with van der Waals surface area (Å²) in [5.74, 6) is -2.28. The van der Waals surface area contributed by atoms with Crippen LogP contribution in [0.15, 0.2) is 12.2 Å². The Labute approximate surface area is 718 Å². The van der Waals surface area contributed by atoms with Crippen molar-refractivity contribution in [3.8, 4) is 0 Å². The Bertz CT molecular complexity index is 2530. The molecule has 0 aromatic heterocycles. The van der Waals surface area contributed by atoms with E-state index in [0.717, 1.165) is 122 Å². The van der Waals surface area contributed by atoms with Gasteiger partial charge in [0.05, 0.1) is 13.2 Å². The van der Waals surface area contributed by atoms with Crippen molar-refractivity contribution in [2.75, 3.05) is 26.4 Å². The Morgan fingerprint density at radius 2 is 0.681 bits per heavy atom. The summed E-state index contributed by atoms with van der Waals surface area (Å²) in [7, 11) is -5.81. The molecule has 0 aromatic rings. The van der Waals surface area contributed by atoms with Gasteiger partial charge in [0.25, 0.3) is 0 Å². The average Bonchev–Trinajstić information content (AvgIpc) is 0.754. The largest absolute Gasteiger partial charge is 0.472 e. The molecule has 2 heterocycles. The number of unbranched alkanes of at least 4 members (excludes halogenated alkanes) is 48. The van der Waals surface area contributed by atoms with Gasteiger partial charge in [0.1, 0.15) is 92.6 Å². The minimum absolute atomic E-state index is 0.0181. The number of allylic oxidation sites excluding steroid dienone is 2. The highest BCUT2D eigenvalue weighted by atomic mass is 31.2. The van der Waals surface area contributed by atoms with Crippen LogP contribution in [0.3, 0.4) is 0 Å². The van der Waals surface area contributed by atoms with E-state index in [1.807, 2.05) is 0 Å². The number of aliphatic hydroxyl groups is 9. The Kier molecular flexibility index (Phi) is 66.1. The van der Waals surface area contributed by atoms with E-state index in [-0.39, 0.29) is 25.7 Å². The van der Waals surface area contributed by atoms with Gasteiger partial charge in [-0.1, -0.05) is 355 Å². The normalized spacial score (nSPS) is 25.1. The molecule has 0 bridgehead atoms. The van der Waals surface area contributed by atoms with Crippen LogP contribution in [0.4, 0.5) is 0 Å². The zero-order valence-corrected chi connectivity index (χ0v) is 75.7. The summed E-state index contributed by atoms with van der Waals surface area (Å²) in [6.45, 7) is 7.94. The molecule has 0 aromatic carbocycles. The molecule has 0 spiro atoms. The summed E-state index contributed by atoms with van der Waals surface area (Å²) in [6.07, 6.45) is 29.1. The van der Waals surface area contributed by atoms with Gasteiger partial charge in [0.15, 0.2) is 24.8 Å². The molecule has 10 N–H and O–H groups in total. The van der Waals surface area contributed by atoms with Crippen LogP contribution in [0.1, 0.15) is 420 Å². The minimum atomic E-state index is -5.81. The van der Waals surface area contributed by atoms with Gasteiger partial charge in [-0.2, -0.15) is 0 Å². The van der Waals surface area contributed by atoms with E-state index in [0.29, 0.717) is 44.4 Å². The molecule has 26 heteroatoms. The maximum atomic E-state index is 14.9. The monoisotopic (exact) mass is 1720 g/mol. The van der Waals surface area contributed by atoms with Gasteiger partial charge in [-0.15, -0.1) is 0 Å². The second-order valence-corrected chi connectivity index (χ2v) is 36.3. The average molecular weight is 1720 g/mol. The summed E-state index contributed by atoms with van der Waals surface area (Å²) in [6, 6.07) is 0. The second-order valence-electron chi connectivity index (χ2n) is 34.9. The summed E-state index contributed by atoms with van der Waals surface area (Å²) in [5, 5.41) is 102. The Hall–Kier alpha value is -2.79. The number of phosphoric ester groups is 1. The molecule has 25 nitrogen and oxygen atoms in total. The van der Waals surface area contributed by atoms with Gasteiger partial charge in [0.2, 0.25) is 0 Å². The third kappa shape index (κ3) is 51.6. The van der Waals surface area contributed by atoms with Crippen molar-refractivity contribution in [2.45, 2.75) is 524 Å². The highest BCUT2D eigenvalue weighted by Gasteiger charge is 2.60. The van der Waals surface area contributed by atoms with Crippen LogP contribution < -0.4 is 0 Å². The number of carbonyl (C=O) groups is 4. The highest BCUT2D eigenvalue weighted by Crippen LogP contribution is 2.49. The van der Waals surface area contributed by atoms with Gasteiger partial charge < -0.3 is 88.7 Å². The molecule has 3 fully saturated rings. The molecule has 19 atom stereocenters. The lowest BCUT2D eigenvalue weighted by Gasteiger charge is -2.50. The summed E-state index contributed by atoms with van der Waals surface area (Å²) in [5.41, 5.74) is 0. The van der Waals surface area contributed by atoms with Crippen molar-refractivity contribution in [3.05, 3.63) is 12.2 Å². The fourth-order valence-corrected chi connectivity index (χ4v) is 17.1. The maximum Gasteiger partial charge on any atom is 0.472 e. The minimum Gasteiger partial charge on any atom is -0.463 e. The van der Waals surface area contributed by atoms with Gasteiger partial charge in [-0.05, 0) is 57.3 Å². The second kappa shape index (κ2) is 71.3. The summed E-state index contributed by atoms with van der Waals surface area (Å²) >= 11 is 0. The molecule has 700 valence electrons. The van der Waals surface area contributed by atoms with E-state index < -0.39 is 162 Å². The van der Waals surface area contributed by atoms with Crippen molar-refractivity contribution in [1.82, 2.24) is 0 Å². The van der Waals surface area contributed by atoms with E-state index >= 15 is 0 Å². The van der Waals surface area contributed by atoms with E-state index in [2.05, 4.69) is 46.8 Å². The summed E-state index contributed by atoms with van der Waals surface area (Å²) < 4.78 is 73.5. The standard InChI is InChI=1S/C93H173O25P/c1-6-10-14-18-22-25-28-31-33-35-38-41-44-47-55-61-67-79(98)115-88-84(103)85(104)89(116-92-86(105)82(101)80(99)74(68-94)113-92)91(90(88)117-93-87(106)83(102)81(100)75(114-93)71-110-77(96)65-59-52-45-42-39-37-34-32-29-26-23-19-15-11-7-2)118-119(107,108)111-70-73(112-78(97)66-60-54-46-43-40-36-30-27-24-20-16-12-8-3)69-109-76(95)64-58-53-49-48-51-57-63-72(5)62-56-50-21-17-13-9-4/h36,40,72-75,80-94,99-106H,6-35,37-39,41-71H2,1-5H3,(H,107,108)/b40-36-. The quantitative estimate of drug-likeness (QED) is 0.00889. The van der Waals surface area contributed by atoms with Crippen LogP contribution in [-0.4, -0.2) is 205 Å². The zero-order valence-electron chi connectivity index (χ0n) is 74.8. The van der Waals surface area contributed by atoms with E-state index in [4.69, 9.17) is 46.9 Å². The first kappa shape index (κ1) is 110. The van der Waals surface area contributed by atoms with Gasteiger partial charge in [-0.25, -0.2) is 4.57 Å². The molecule has 1 saturated carbocycles. The van der Waals surface area contributed by atoms with E-state index in [1.54, 1.807) is 0 Å². The molecule has 0 radical (unpaired) electrons. The number of phosphoric acid groups is 1. The first-order valence-corrected chi connectivity index (χ1v) is 49.8. The van der Waals surface area contributed by atoms with Crippen molar-refractivity contribution in [1.29, 1.82) is 0 Å². The van der Waals surface area contributed by atoms with Crippen LogP contribution in [0, 0.1) is 5.92 Å². The first-order chi connectivity index (χ1) is 57.6.